The number of anilines is 1. The lowest BCUT2D eigenvalue weighted by Crippen LogP contribution is -2.24. The molecule has 0 radical (unpaired) electrons. The maximum absolute atomic E-state index is 12.2. The van der Waals surface area contributed by atoms with Crippen LogP contribution in [0.4, 0.5) is 10.5 Å². The van der Waals surface area contributed by atoms with Crippen LogP contribution in [0.1, 0.15) is 33.8 Å². The van der Waals surface area contributed by atoms with Crippen LogP contribution < -0.4 is 10.6 Å². The Kier molecular flexibility index (Phi) is 4.02. The minimum atomic E-state index is -0.987. The Morgan fingerprint density at radius 1 is 1.13 bits per heavy atom. The number of amides is 2. The summed E-state index contributed by atoms with van der Waals surface area (Å²) in [4.78, 5) is 22.8. The molecule has 0 aliphatic heterocycles. The van der Waals surface area contributed by atoms with Crippen LogP contribution in [0, 0.1) is 6.92 Å². The van der Waals surface area contributed by atoms with Gasteiger partial charge in [0.15, 0.2) is 0 Å². The number of carboxylic acid groups (broad SMARTS) is 1. The molecule has 0 aromatic heterocycles. The van der Waals surface area contributed by atoms with E-state index in [1.807, 2.05) is 49.4 Å². The second kappa shape index (κ2) is 6.12. The molecule has 2 atom stereocenters. The van der Waals surface area contributed by atoms with E-state index < -0.39 is 6.09 Å². The standard InChI is InChI=1S/C18H18N2O3/c1-11-3-2-4-13(9-11)17(21)19-14-7-5-12(6-8-14)15-10-16(15)20-18(22)23/h2-9,15-16,20H,10H2,1H3,(H,19,21)(H,22,23)/t15-,16+/m0/s1. The van der Waals surface area contributed by atoms with E-state index >= 15 is 0 Å². The number of benzene rings is 2. The number of carbonyl (C=O) groups excluding carboxylic acids is 1. The average Bonchev–Trinajstić information content (AvgIpc) is 3.26. The molecule has 2 aromatic carbocycles. The van der Waals surface area contributed by atoms with Crippen LogP contribution in [-0.2, 0) is 0 Å². The molecule has 0 bridgehead atoms. The van der Waals surface area contributed by atoms with Crippen molar-refractivity contribution in [3.63, 3.8) is 0 Å². The first-order chi connectivity index (χ1) is 11.0. The number of hydrogen-bond donors (Lipinski definition) is 3. The van der Waals surface area contributed by atoms with Gasteiger partial charge in [-0.25, -0.2) is 4.79 Å². The Morgan fingerprint density at radius 3 is 2.52 bits per heavy atom. The van der Waals surface area contributed by atoms with Crippen LogP contribution >= 0.6 is 0 Å². The molecule has 5 nitrogen and oxygen atoms in total. The van der Waals surface area contributed by atoms with Crippen LogP contribution in [-0.4, -0.2) is 23.1 Å². The van der Waals surface area contributed by atoms with Crippen molar-refractivity contribution in [2.24, 2.45) is 0 Å². The topological polar surface area (TPSA) is 78.4 Å². The molecule has 1 saturated carbocycles. The molecule has 1 aliphatic carbocycles. The highest BCUT2D eigenvalue weighted by Crippen LogP contribution is 2.40. The zero-order chi connectivity index (χ0) is 16.4. The molecule has 118 valence electrons. The highest BCUT2D eigenvalue weighted by Gasteiger charge is 2.39. The maximum Gasteiger partial charge on any atom is 0.404 e. The number of rotatable bonds is 4. The number of nitrogens with one attached hydrogen (secondary N) is 2. The van der Waals surface area contributed by atoms with Gasteiger partial charge in [-0.2, -0.15) is 0 Å². The summed E-state index contributed by atoms with van der Waals surface area (Å²) in [5, 5.41) is 14.1. The quantitative estimate of drug-likeness (QED) is 0.810. The zero-order valence-electron chi connectivity index (χ0n) is 12.7. The van der Waals surface area contributed by atoms with Gasteiger partial charge in [-0.3, -0.25) is 4.79 Å². The van der Waals surface area contributed by atoms with Crippen LogP contribution in [0.15, 0.2) is 48.5 Å². The Balaban J connectivity index is 1.62. The first kappa shape index (κ1) is 15.1. The molecule has 0 unspecified atom stereocenters. The predicted molar refractivity (Wildman–Crippen MR) is 87.9 cm³/mol. The van der Waals surface area contributed by atoms with Crippen LogP contribution in [0.2, 0.25) is 0 Å². The van der Waals surface area contributed by atoms with Crippen molar-refractivity contribution in [1.29, 1.82) is 0 Å². The third-order valence-electron chi connectivity index (χ3n) is 3.98. The van der Waals surface area contributed by atoms with Crippen LogP contribution in [0.5, 0.6) is 0 Å². The summed E-state index contributed by atoms with van der Waals surface area (Å²) in [6, 6.07) is 15.0. The van der Waals surface area contributed by atoms with Gasteiger partial charge < -0.3 is 15.7 Å². The predicted octanol–water partition coefficient (Wildman–Crippen LogP) is 3.37. The molecule has 3 N–H and O–H groups in total. The second-order valence-corrected chi connectivity index (χ2v) is 5.84. The maximum atomic E-state index is 12.2. The molecule has 3 rings (SSSR count). The van der Waals surface area contributed by atoms with Gasteiger partial charge in [0.1, 0.15) is 0 Å². The minimum Gasteiger partial charge on any atom is -0.465 e. The van der Waals surface area contributed by atoms with E-state index in [1.165, 1.54) is 0 Å². The molecular formula is C18H18N2O3. The lowest BCUT2D eigenvalue weighted by molar-refractivity contribution is 0.102. The van der Waals surface area contributed by atoms with Crippen molar-refractivity contribution in [2.75, 3.05) is 5.32 Å². The van der Waals surface area contributed by atoms with Crippen molar-refractivity contribution in [3.8, 4) is 0 Å². The van der Waals surface area contributed by atoms with Crippen molar-refractivity contribution in [3.05, 3.63) is 65.2 Å². The molecule has 5 heteroatoms. The lowest BCUT2D eigenvalue weighted by atomic mass is 10.1. The monoisotopic (exact) mass is 310 g/mol. The fourth-order valence-electron chi connectivity index (χ4n) is 2.68. The summed E-state index contributed by atoms with van der Waals surface area (Å²) in [6.45, 7) is 1.95. The van der Waals surface area contributed by atoms with E-state index in [0.29, 0.717) is 5.56 Å². The number of aryl methyl sites for hydroxylation is 1. The van der Waals surface area contributed by atoms with E-state index in [0.717, 1.165) is 23.2 Å². The second-order valence-electron chi connectivity index (χ2n) is 5.84. The highest BCUT2D eigenvalue weighted by molar-refractivity contribution is 6.04. The normalized spacial score (nSPS) is 19.0. The van der Waals surface area contributed by atoms with Gasteiger partial charge in [0.05, 0.1) is 0 Å². The summed E-state index contributed by atoms with van der Waals surface area (Å²) in [5.74, 6) is 0.0888. The van der Waals surface area contributed by atoms with Crippen molar-refractivity contribution in [2.45, 2.75) is 25.3 Å². The largest absolute Gasteiger partial charge is 0.465 e. The first-order valence-electron chi connectivity index (χ1n) is 7.50. The van der Waals surface area contributed by atoms with Gasteiger partial charge >= 0.3 is 6.09 Å². The smallest absolute Gasteiger partial charge is 0.404 e. The molecule has 0 heterocycles. The van der Waals surface area contributed by atoms with Crippen LogP contribution in [0.25, 0.3) is 0 Å². The third-order valence-corrected chi connectivity index (χ3v) is 3.98. The zero-order valence-corrected chi connectivity index (χ0v) is 12.7. The van der Waals surface area contributed by atoms with E-state index in [1.54, 1.807) is 6.07 Å². The fourth-order valence-corrected chi connectivity index (χ4v) is 2.68. The average molecular weight is 310 g/mol. The molecule has 2 amide bonds. The molecule has 23 heavy (non-hydrogen) atoms. The van der Waals surface area contributed by atoms with Gasteiger partial charge in [0.25, 0.3) is 5.91 Å². The first-order valence-corrected chi connectivity index (χ1v) is 7.50. The molecule has 1 fully saturated rings. The summed E-state index contributed by atoms with van der Waals surface area (Å²) >= 11 is 0. The van der Waals surface area contributed by atoms with Gasteiger partial charge in [-0.1, -0.05) is 29.8 Å². The van der Waals surface area contributed by atoms with Crippen LogP contribution in [0.3, 0.4) is 0 Å². The number of carbonyl (C=O) groups is 2. The van der Waals surface area contributed by atoms with Crippen molar-refractivity contribution < 1.29 is 14.7 Å². The highest BCUT2D eigenvalue weighted by atomic mass is 16.4. The van der Waals surface area contributed by atoms with E-state index in [-0.39, 0.29) is 17.9 Å². The molecule has 1 aliphatic rings. The van der Waals surface area contributed by atoms with E-state index in [2.05, 4.69) is 10.6 Å². The molecule has 0 spiro atoms. The van der Waals surface area contributed by atoms with Crippen molar-refractivity contribution in [1.82, 2.24) is 5.32 Å². The summed E-state index contributed by atoms with van der Waals surface area (Å²) in [7, 11) is 0. The summed E-state index contributed by atoms with van der Waals surface area (Å²) in [6.07, 6.45) is -0.166. The fraction of sp³-hybridized carbons (Fsp3) is 0.222. The SMILES string of the molecule is Cc1cccc(C(=O)Nc2ccc([C@@H]3C[C@H]3NC(=O)O)cc2)c1. The van der Waals surface area contributed by atoms with Gasteiger partial charge in [0, 0.05) is 23.2 Å². The summed E-state index contributed by atoms with van der Waals surface area (Å²) < 4.78 is 0. The Hall–Kier alpha value is -2.82. The van der Waals surface area contributed by atoms with Gasteiger partial charge in [-0.05, 0) is 43.2 Å². The van der Waals surface area contributed by atoms with Gasteiger partial charge in [0.2, 0.25) is 0 Å². The third kappa shape index (κ3) is 3.69. The Labute approximate surface area is 134 Å². The Bertz CT molecular complexity index is 740. The van der Waals surface area contributed by atoms with E-state index in [4.69, 9.17) is 5.11 Å². The van der Waals surface area contributed by atoms with Crippen molar-refractivity contribution >= 4 is 17.7 Å². The Morgan fingerprint density at radius 2 is 1.87 bits per heavy atom. The van der Waals surface area contributed by atoms with Gasteiger partial charge in [-0.15, -0.1) is 0 Å². The molecule has 0 saturated heterocycles. The lowest BCUT2D eigenvalue weighted by Gasteiger charge is -2.07. The minimum absolute atomic E-state index is 0.000218. The molecular weight excluding hydrogens is 292 g/mol. The number of hydrogen-bond acceptors (Lipinski definition) is 2. The van der Waals surface area contributed by atoms with E-state index in [9.17, 15) is 9.59 Å². The summed E-state index contributed by atoms with van der Waals surface area (Å²) in [5.41, 5.74) is 3.47. The molecule has 2 aromatic rings.